The number of rotatable bonds is 2. The zero-order valence-electron chi connectivity index (χ0n) is 18.4. The van der Waals surface area contributed by atoms with Gasteiger partial charge in [-0.3, -0.25) is 9.98 Å². The van der Waals surface area contributed by atoms with Crippen LogP contribution in [0.15, 0.2) is 46.6 Å². The molecule has 3 aliphatic rings. The zero-order chi connectivity index (χ0) is 21.6. The van der Waals surface area contributed by atoms with E-state index in [-0.39, 0.29) is 5.41 Å². The van der Waals surface area contributed by atoms with Gasteiger partial charge in [-0.1, -0.05) is 25.0 Å². The molecule has 0 amide bonds. The SMILES string of the molecule is CC#Cc1cncc(-c2ccc3c(c2)[C@@]2(N=CC(N)=N2)[C@@]2(CC[C@@H](OC)C(C)C2)C3)c1. The molecular weight excluding hydrogens is 384 g/mol. The van der Waals surface area contributed by atoms with Crippen LogP contribution in [-0.4, -0.2) is 30.2 Å². The summed E-state index contributed by atoms with van der Waals surface area (Å²) in [6, 6.07) is 8.76. The minimum Gasteiger partial charge on any atom is -0.383 e. The van der Waals surface area contributed by atoms with E-state index in [2.05, 4.69) is 48.0 Å². The zero-order valence-corrected chi connectivity index (χ0v) is 18.4. The molecule has 1 aromatic carbocycles. The van der Waals surface area contributed by atoms with Gasteiger partial charge in [0.2, 0.25) is 0 Å². The number of aliphatic imine (C=N–C) groups is 2. The molecule has 2 spiro atoms. The Kier molecular flexibility index (Phi) is 4.71. The average molecular weight is 413 g/mol. The first kappa shape index (κ1) is 20.0. The minimum absolute atomic E-state index is 0.0617. The predicted molar refractivity (Wildman–Crippen MR) is 124 cm³/mol. The lowest BCUT2D eigenvalue weighted by molar-refractivity contribution is -0.0377. The van der Waals surface area contributed by atoms with E-state index >= 15 is 0 Å². The van der Waals surface area contributed by atoms with Gasteiger partial charge < -0.3 is 10.5 Å². The van der Waals surface area contributed by atoms with Crippen LogP contribution in [0.1, 0.15) is 49.8 Å². The third kappa shape index (κ3) is 3.01. The maximum atomic E-state index is 6.18. The molecule has 5 nitrogen and oxygen atoms in total. The Hall–Kier alpha value is -2.97. The Balaban J connectivity index is 1.62. The van der Waals surface area contributed by atoms with Crippen molar-refractivity contribution in [3.05, 3.63) is 53.3 Å². The van der Waals surface area contributed by atoms with Gasteiger partial charge in [0.15, 0.2) is 5.66 Å². The van der Waals surface area contributed by atoms with E-state index in [1.54, 1.807) is 12.4 Å². The number of ether oxygens (including phenoxy) is 1. The highest BCUT2D eigenvalue weighted by atomic mass is 16.5. The number of methoxy groups -OCH3 is 1. The topological polar surface area (TPSA) is 72.9 Å². The van der Waals surface area contributed by atoms with Crippen molar-refractivity contribution in [3.8, 4) is 23.0 Å². The van der Waals surface area contributed by atoms with E-state index in [0.29, 0.717) is 17.9 Å². The Morgan fingerprint density at radius 1 is 1.19 bits per heavy atom. The number of nitrogens with zero attached hydrogens (tertiary/aromatic N) is 3. The number of fused-ring (bicyclic) bond motifs is 3. The quantitative estimate of drug-likeness (QED) is 0.755. The van der Waals surface area contributed by atoms with E-state index in [4.69, 9.17) is 20.5 Å². The van der Waals surface area contributed by atoms with Crippen molar-refractivity contribution in [1.29, 1.82) is 0 Å². The van der Waals surface area contributed by atoms with Crippen LogP contribution in [0, 0.1) is 23.2 Å². The Labute approximate surface area is 183 Å². The van der Waals surface area contributed by atoms with Gasteiger partial charge in [-0.05, 0) is 61.8 Å². The first-order chi connectivity index (χ1) is 15.0. The molecular formula is C26H28N4O. The van der Waals surface area contributed by atoms with Crippen LogP contribution in [0.25, 0.3) is 11.1 Å². The largest absolute Gasteiger partial charge is 0.383 e. The van der Waals surface area contributed by atoms with Crippen molar-refractivity contribution >= 4 is 12.1 Å². The first-order valence-electron chi connectivity index (χ1n) is 11.0. The molecule has 1 saturated carbocycles. The molecule has 0 saturated heterocycles. The molecule has 158 valence electrons. The highest BCUT2D eigenvalue weighted by Crippen LogP contribution is 2.62. The lowest BCUT2D eigenvalue weighted by atomic mass is 9.62. The van der Waals surface area contributed by atoms with Crippen molar-refractivity contribution in [2.24, 2.45) is 27.1 Å². The first-order valence-corrected chi connectivity index (χ1v) is 11.0. The molecule has 2 aromatic rings. The van der Waals surface area contributed by atoms with Crippen LogP contribution in [-0.2, 0) is 16.8 Å². The summed E-state index contributed by atoms with van der Waals surface area (Å²) < 4.78 is 5.75. The second-order valence-electron chi connectivity index (χ2n) is 9.13. The van der Waals surface area contributed by atoms with Crippen LogP contribution < -0.4 is 5.73 Å². The molecule has 1 unspecified atom stereocenters. The normalized spacial score (nSPS) is 30.9. The van der Waals surface area contributed by atoms with Crippen LogP contribution >= 0.6 is 0 Å². The second kappa shape index (κ2) is 7.32. The van der Waals surface area contributed by atoms with E-state index in [1.165, 1.54) is 11.1 Å². The molecule has 31 heavy (non-hydrogen) atoms. The van der Waals surface area contributed by atoms with Crippen molar-refractivity contribution in [2.45, 2.75) is 51.3 Å². The predicted octanol–water partition coefficient (Wildman–Crippen LogP) is 4.09. The summed E-state index contributed by atoms with van der Waals surface area (Å²) >= 11 is 0. The van der Waals surface area contributed by atoms with Crippen molar-refractivity contribution in [3.63, 3.8) is 0 Å². The molecule has 0 bridgehead atoms. The molecule has 1 fully saturated rings. The number of nitrogens with two attached hydrogens (primary N) is 1. The summed E-state index contributed by atoms with van der Waals surface area (Å²) in [5.41, 5.74) is 11.1. The van der Waals surface area contributed by atoms with Gasteiger partial charge in [-0.25, -0.2) is 4.99 Å². The smallest absolute Gasteiger partial charge is 0.184 e. The molecule has 1 aromatic heterocycles. The Bertz CT molecular complexity index is 1160. The summed E-state index contributed by atoms with van der Waals surface area (Å²) in [4.78, 5) is 14.4. The van der Waals surface area contributed by atoms with Crippen LogP contribution in [0.2, 0.25) is 0 Å². The monoisotopic (exact) mass is 412 g/mol. The number of pyridine rings is 1. The highest BCUT2D eigenvalue weighted by Gasteiger charge is 2.61. The van der Waals surface area contributed by atoms with E-state index in [0.717, 1.165) is 42.4 Å². The average Bonchev–Trinajstić information content (AvgIpc) is 3.28. The molecule has 0 radical (unpaired) electrons. The molecule has 5 heteroatoms. The summed E-state index contributed by atoms with van der Waals surface area (Å²) in [5.74, 6) is 7.01. The van der Waals surface area contributed by atoms with E-state index in [9.17, 15) is 0 Å². The van der Waals surface area contributed by atoms with Gasteiger partial charge in [0.05, 0.1) is 12.3 Å². The Morgan fingerprint density at radius 3 is 2.77 bits per heavy atom. The molecule has 2 heterocycles. The fraction of sp³-hybridized carbons (Fsp3) is 0.423. The van der Waals surface area contributed by atoms with Crippen molar-refractivity contribution in [1.82, 2.24) is 4.98 Å². The minimum atomic E-state index is -0.635. The lowest BCUT2D eigenvalue weighted by Gasteiger charge is -2.47. The van der Waals surface area contributed by atoms with Crippen LogP contribution in [0.4, 0.5) is 0 Å². The maximum Gasteiger partial charge on any atom is 0.184 e. The number of hydrogen-bond donors (Lipinski definition) is 1. The Morgan fingerprint density at radius 2 is 2.06 bits per heavy atom. The molecule has 4 atom stereocenters. The standard InChI is InChI=1S/C26H28N4O/c1-4-5-18-10-21(15-28-14-18)19-6-7-20-13-25(9-8-23(31-3)17(2)12-25)26(22(20)11-19)29-16-24(27)30-26/h6-7,10-11,14-17,23H,8-9,12-13H2,1-3H3,(H2,27,30)/t17?,23-,25-,26+/m1/s1. The third-order valence-electron chi connectivity index (χ3n) is 7.33. The number of aromatic nitrogens is 1. The molecule has 5 rings (SSSR count). The van der Waals surface area contributed by atoms with Gasteiger partial charge in [0.25, 0.3) is 0 Å². The van der Waals surface area contributed by atoms with Crippen molar-refractivity contribution < 1.29 is 4.74 Å². The fourth-order valence-corrected chi connectivity index (χ4v) is 5.99. The fourth-order valence-electron chi connectivity index (χ4n) is 5.99. The van der Waals surface area contributed by atoms with Crippen LogP contribution in [0.3, 0.4) is 0 Å². The molecule has 2 aliphatic carbocycles. The maximum absolute atomic E-state index is 6.18. The summed E-state index contributed by atoms with van der Waals surface area (Å²) in [6.07, 6.45) is 9.76. The second-order valence-corrected chi connectivity index (χ2v) is 9.13. The van der Waals surface area contributed by atoms with E-state index < -0.39 is 5.66 Å². The summed E-state index contributed by atoms with van der Waals surface area (Å²) in [5, 5.41) is 0. The van der Waals surface area contributed by atoms with Crippen molar-refractivity contribution in [2.75, 3.05) is 7.11 Å². The number of hydrogen-bond acceptors (Lipinski definition) is 5. The van der Waals surface area contributed by atoms with Gasteiger partial charge in [-0.2, -0.15) is 0 Å². The molecule has 2 N–H and O–H groups in total. The number of amidine groups is 1. The van der Waals surface area contributed by atoms with Gasteiger partial charge in [0.1, 0.15) is 5.84 Å². The van der Waals surface area contributed by atoms with E-state index in [1.807, 2.05) is 20.2 Å². The highest BCUT2D eigenvalue weighted by molar-refractivity contribution is 6.30. The van der Waals surface area contributed by atoms with Crippen LogP contribution in [0.5, 0.6) is 0 Å². The van der Waals surface area contributed by atoms with Gasteiger partial charge >= 0.3 is 0 Å². The summed E-state index contributed by atoms with van der Waals surface area (Å²) in [6.45, 7) is 4.12. The third-order valence-corrected chi connectivity index (χ3v) is 7.33. The lowest BCUT2D eigenvalue weighted by Crippen LogP contribution is -2.46. The molecule has 1 aliphatic heterocycles. The number of benzene rings is 1. The summed E-state index contributed by atoms with van der Waals surface area (Å²) in [7, 11) is 1.82. The van der Waals surface area contributed by atoms with Gasteiger partial charge in [0, 0.05) is 41.6 Å². The van der Waals surface area contributed by atoms with Gasteiger partial charge in [-0.15, -0.1) is 5.92 Å².